The minimum Gasteiger partial charge on any atom is -0.481 e. The van der Waals surface area contributed by atoms with Crippen LogP contribution in [0.1, 0.15) is 39.0 Å². The molecule has 86 valence electrons. The van der Waals surface area contributed by atoms with Crippen molar-refractivity contribution in [1.82, 2.24) is 10.9 Å². The number of carboxylic acids is 1. The molecule has 6 nitrogen and oxygen atoms in total. The molecule has 15 heavy (non-hydrogen) atoms. The predicted octanol–water partition coefficient (Wildman–Crippen LogP) is 0.189. The number of carbonyl (C=O) groups excluding carboxylic acids is 2. The van der Waals surface area contributed by atoms with Crippen molar-refractivity contribution < 1.29 is 19.5 Å². The summed E-state index contributed by atoms with van der Waals surface area (Å²) in [4.78, 5) is 32.1. The molecule has 0 aromatic carbocycles. The molecule has 0 bridgehead atoms. The first kappa shape index (κ1) is 13.4. The number of hydrogen-bond acceptors (Lipinski definition) is 3. The Hall–Kier alpha value is -1.59. The van der Waals surface area contributed by atoms with Crippen molar-refractivity contribution in [3.8, 4) is 0 Å². The van der Waals surface area contributed by atoms with Gasteiger partial charge in [-0.25, -0.2) is 0 Å². The van der Waals surface area contributed by atoms with Crippen LogP contribution < -0.4 is 10.9 Å². The van der Waals surface area contributed by atoms with Crippen molar-refractivity contribution in [2.45, 2.75) is 39.0 Å². The number of nitrogens with one attached hydrogen (secondary N) is 2. The average molecular weight is 216 g/mol. The summed E-state index contributed by atoms with van der Waals surface area (Å²) in [6, 6.07) is 0. The van der Waals surface area contributed by atoms with E-state index in [1.54, 1.807) is 0 Å². The zero-order valence-corrected chi connectivity index (χ0v) is 8.71. The highest BCUT2D eigenvalue weighted by Crippen LogP contribution is 1.92. The SMILES string of the molecule is CCCCC(=O)NNC(=O)CCC(=O)O. The Labute approximate surface area is 88.0 Å². The Bertz CT molecular complexity index is 240. The van der Waals surface area contributed by atoms with Crippen LogP contribution >= 0.6 is 0 Å². The summed E-state index contributed by atoms with van der Waals surface area (Å²) in [6.07, 6.45) is 1.65. The van der Waals surface area contributed by atoms with Crippen molar-refractivity contribution in [2.24, 2.45) is 0 Å². The van der Waals surface area contributed by atoms with Crippen LogP contribution in [-0.4, -0.2) is 22.9 Å². The highest BCUT2D eigenvalue weighted by atomic mass is 16.4. The predicted molar refractivity (Wildman–Crippen MR) is 52.7 cm³/mol. The molecule has 0 aromatic heterocycles. The van der Waals surface area contributed by atoms with E-state index >= 15 is 0 Å². The molecule has 0 saturated heterocycles. The van der Waals surface area contributed by atoms with E-state index < -0.39 is 11.9 Å². The Morgan fingerprint density at radius 3 is 2.00 bits per heavy atom. The molecule has 0 aliphatic rings. The third kappa shape index (κ3) is 8.73. The summed E-state index contributed by atoms with van der Waals surface area (Å²) < 4.78 is 0. The molecule has 0 saturated carbocycles. The van der Waals surface area contributed by atoms with Gasteiger partial charge in [0.05, 0.1) is 6.42 Å². The Morgan fingerprint density at radius 2 is 1.53 bits per heavy atom. The second kappa shape index (κ2) is 7.78. The van der Waals surface area contributed by atoms with Crippen molar-refractivity contribution in [2.75, 3.05) is 0 Å². The maximum Gasteiger partial charge on any atom is 0.303 e. The lowest BCUT2D eigenvalue weighted by Gasteiger charge is -2.05. The van der Waals surface area contributed by atoms with Gasteiger partial charge in [-0.05, 0) is 6.42 Å². The van der Waals surface area contributed by atoms with Crippen LogP contribution in [0.5, 0.6) is 0 Å². The molecule has 0 radical (unpaired) electrons. The summed E-state index contributed by atoms with van der Waals surface area (Å²) >= 11 is 0. The van der Waals surface area contributed by atoms with Gasteiger partial charge < -0.3 is 5.11 Å². The number of unbranched alkanes of at least 4 members (excludes halogenated alkanes) is 1. The highest BCUT2D eigenvalue weighted by molar-refractivity contribution is 5.83. The Balaban J connectivity index is 3.53. The topological polar surface area (TPSA) is 95.5 Å². The van der Waals surface area contributed by atoms with Crippen LogP contribution in [-0.2, 0) is 14.4 Å². The number of rotatable bonds is 6. The van der Waals surface area contributed by atoms with E-state index in [0.717, 1.165) is 12.8 Å². The fourth-order valence-corrected chi connectivity index (χ4v) is 0.822. The zero-order chi connectivity index (χ0) is 11.7. The monoisotopic (exact) mass is 216 g/mol. The van der Waals surface area contributed by atoms with Crippen LogP contribution in [0, 0.1) is 0 Å². The van der Waals surface area contributed by atoms with Crippen LogP contribution in [0.15, 0.2) is 0 Å². The van der Waals surface area contributed by atoms with Gasteiger partial charge in [0.15, 0.2) is 0 Å². The van der Waals surface area contributed by atoms with Crippen molar-refractivity contribution in [3.63, 3.8) is 0 Å². The maximum absolute atomic E-state index is 11.0. The molecule has 2 amide bonds. The highest BCUT2D eigenvalue weighted by Gasteiger charge is 2.06. The number of aliphatic carboxylic acids is 1. The number of carboxylic acid groups (broad SMARTS) is 1. The lowest BCUT2D eigenvalue weighted by molar-refractivity contribution is -0.139. The van der Waals surface area contributed by atoms with Gasteiger partial charge >= 0.3 is 5.97 Å². The summed E-state index contributed by atoms with van der Waals surface area (Å²) in [5, 5.41) is 8.29. The van der Waals surface area contributed by atoms with Crippen molar-refractivity contribution in [1.29, 1.82) is 0 Å². The van der Waals surface area contributed by atoms with Crippen LogP contribution in [0.3, 0.4) is 0 Å². The summed E-state index contributed by atoms with van der Waals surface area (Å²) in [5.74, 6) is -1.80. The first-order valence-corrected chi connectivity index (χ1v) is 4.85. The van der Waals surface area contributed by atoms with E-state index in [4.69, 9.17) is 5.11 Å². The van der Waals surface area contributed by atoms with Gasteiger partial charge in [0.25, 0.3) is 0 Å². The van der Waals surface area contributed by atoms with E-state index in [0.29, 0.717) is 6.42 Å². The fraction of sp³-hybridized carbons (Fsp3) is 0.667. The molecule has 0 unspecified atom stereocenters. The standard InChI is InChI=1S/C9H16N2O4/c1-2-3-4-7(12)10-11-8(13)5-6-9(14)15/h2-6H2,1H3,(H,10,12)(H,11,13)(H,14,15). The molecule has 0 atom stereocenters. The minimum atomic E-state index is -1.04. The second-order valence-electron chi connectivity index (χ2n) is 3.09. The van der Waals surface area contributed by atoms with Gasteiger partial charge in [-0.2, -0.15) is 0 Å². The summed E-state index contributed by atoms with van der Waals surface area (Å²) in [6.45, 7) is 1.96. The molecule has 0 aliphatic carbocycles. The largest absolute Gasteiger partial charge is 0.481 e. The van der Waals surface area contributed by atoms with E-state index in [1.807, 2.05) is 6.92 Å². The molecule has 3 N–H and O–H groups in total. The van der Waals surface area contributed by atoms with Crippen LogP contribution in [0.25, 0.3) is 0 Å². The zero-order valence-electron chi connectivity index (χ0n) is 8.71. The normalized spacial score (nSPS) is 9.40. The fourth-order valence-electron chi connectivity index (χ4n) is 0.822. The minimum absolute atomic E-state index is 0.136. The summed E-state index contributed by atoms with van der Waals surface area (Å²) in [7, 11) is 0. The van der Waals surface area contributed by atoms with Gasteiger partial charge in [-0.15, -0.1) is 0 Å². The molecular formula is C9H16N2O4. The number of amides is 2. The van der Waals surface area contributed by atoms with Crippen LogP contribution in [0.4, 0.5) is 0 Å². The second-order valence-corrected chi connectivity index (χ2v) is 3.09. The lowest BCUT2D eigenvalue weighted by atomic mass is 10.2. The average Bonchev–Trinajstić information content (AvgIpc) is 2.20. The third-order valence-electron chi connectivity index (χ3n) is 1.66. The smallest absolute Gasteiger partial charge is 0.303 e. The summed E-state index contributed by atoms with van der Waals surface area (Å²) in [5.41, 5.74) is 4.35. The van der Waals surface area contributed by atoms with E-state index in [9.17, 15) is 14.4 Å². The Morgan fingerprint density at radius 1 is 1.00 bits per heavy atom. The van der Waals surface area contributed by atoms with E-state index in [-0.39, 0.29) is 18.7 Å². The quantitative estimate of drug-likeness (QED) is 0.552. The number of carbonyl (C=O) groups is 3. The first-order valence-electron chi connectivity index (χ1n) is 4.85. The molecule has 6 heteroatoms. The molecule has 0 fully saturated rings. The van der Waals surface area contributed by atoms with Gasteiger partial charge in [0.1, 0.15) is 0 Å². The molecule has 0 aliphatic heterocycles. The van der Waals surface area contributed by atoms with Crippen LogP contribution in [0.2, 0.25) is 0 Å². The third-order valence-corrected chi connectivity index (χ3v) is 1.66. The van der Waals surface area contributed by atoms with Gasteiger partial charge in [0, 0.05) is 12.8 Å². The number of hydrogen-bond donors (Lipinski definition) is 3. The Kier molecular flexibility index (Phi) is 6.96. The van der Waals surface area contributed by atoms with Gasteiger partial charge in [-0.3, -0.25) is 25.2 Å². The van der Waals surface area contributed by atoms with E-state index in [2.05, 4.69) is 10.9 Å². The molecule has 0 rings (SSSR count). The first-order chi connectivity index (χ1) is 7.06. The molecule has 0 heterocycles. The van der Waals surface area contributed by atoms with Gasteiger partial charge in [-0.1, -0.05) is 13.3 Å². The number of hydrazine groups is 1. The molecule has 0 spiro atoms. The molecular weight excluding hydrogens is 200 g/mol. The van der Waals surface area contributed by atoms with Gasteiger partial charge in [0.2, 0.25) is 11.8 Å². The molecule has 0 aromatic rings. The van der Waals surface area contributed by atoms with E-state index in [1.165, 1.54) is 0 Å². The van der Waals surface area contributed by atoms with Crippen molar-refractivity contribution in [3.05, 3.63) is 0 Å². The maximum atomic E-state index is 11.0. The van der Waals surface area contributed by atoms with Crippen molar-refractivity contribution >= 4 is 17.8 Å². The lowest BCUT2D eigenvalue weighted by Crippen LogP contribution is -2.41.